The van der Waals surface area contributed by atoms with E-state index in [-0.39, 0.29) is 5.91 Å². The van der Waals surface area contributed by atoms with Crippen molar-refractivity contribution in [3.63, 3.8) is 0 Å². The summed E-state index contributed by atoms with van der Waals surface area (Å²) in [5.74, 6) is 1.15. The van der Waals surface area contributed by atoms with Crippen molar-refractivity contribution in [3.8, 4) is 17.4 Å². The summed E-state index contributed by atoms with van der Waals surface area (Å²) in [5, 5.41) is 9.60. The predicted molar refractivity (Wildman–Crippen MR) is 126 cm³/mol. The molecule has 1 aliphatic rings. The minimum atomic E-state index is -0.0999. The molecule has 0 saturated carbocycles. The van der Waals surface area contributed by atoms with Crippen LogP contribution >= 0.6 is 11.8 Å². The van der Waals surface area contributed by atoms with Crippen molar-refractivity contribution < 1.29 is 13.9 Å². The van der Waals surface area contributed by atoms with Crippen LogP contribution in [-0.2, 0) is 9.53 Å². The van der Waals surface area contributed by atoms with Gasteiger partial charge in [-0.25, -0.2) is 4.99 Å². The summed E-state index contributed by atoms with van der Waals surface area (Å²) in [6, 6.07) is 22.5. The number of nitriles is 1. The third-order valence-corrected chi connectivity index (χ3v) is 5.80. The Morgan fingerprint density at radius 1 is 1.12 bits per heavy atom. The van der Waals surface area contributed by atoms with Crippen LogP contribution in [0.25, 0.3) is 17.4 Å². The highest BCUT2D eigenvalue weighted by Crippen LogP contribution is 2.35. The van der Waals surface area contributed by atoms with Crippen LogP contribution in [0.2, 0.25) is 0 Å². The molecule has 2 heterocycles. The number of amidine groups is 1. The van der Waals surface area contributed by atoms with E-state index in [4.69, 9.17) is 14.4 Å². The molecule has 3 aromatic rings. The van der Waals surface area contributed by atoms with E-state index in [1.54, 1.807) is 30.2 Å². The number of para-hydroxylation sites is 1. The Kier molecular flexibility index (Phi) is 6.85. The van der Waals surface area contributed by atoms with Gasteiger partial charge >= 0.3 is 0 Å². The highest BCUT2D eigenvalue weighted by molar-refractivity contribution is 8.18. The van der Waals surface area contributed by atoms with Gasteiger partial charge in [-0.1, -0.05) is 18.2 Å². The van der Waals surface area contributed by atoms with Gasteiger partial charge in [-0.2, -0.15) is 5.26 Å². The highest BCUT2D eigenvalue weighted by Gasteiger charge is 2.33. The molecule has 0 radical (unpaired) electrons. The molecule has 0 atom stereocenters. The topological polar surface area (TPSA) is 78.8 Å². The zero-order valence-electron chi connectivity index (χ0n) is 17.5. The molecule has 160 valence electrons. The third-order valence-electron chi connectivity index (χ3n) is 4.80. The minimum absolute atomic E-state index is 0.0999. The lowest BCUT2D eigenvalue weighted by molar-refractivity contribution is -0.122. The first kappa shape index (κ1) is 21.6. The third kappa shape index (κ3) is 4.99. The van der Waals surface area contributed by atoms with Gasteiger partial charge in [-0.05, 0) is 66.7 Å². The molecule has 1 fully saturated rings. The standard InChI is InChI=1S/C25H21N3O3S/c1-30-15-5-14-28-24(29)23(32-25(28)27-20-6-3-2-4-7-20)16-21-12-13-22(31-21)19-10-8-18(17-26)9-11-19/h2-4,6-13,16H,5,14-15H2,1H3. The van der Waals surface area contributed by atoms with Gasteiger partial charge in [0.15, 0.2) is 5.17 Å². The number of aliphatic imine (C=N–C) groups is 1. The van der Waals surface area contributed by atoms with Gasteiger partial charge in [0.2, 0.25) is 0 Å². The maximum atomic E-state index is 13.1. The van der Waals surface area contributed by atoms with E-state index in [1.165, 1.54) is 11.8 Å². The number of hydrogen-bond donors (Lipinski definition) is 0. The second kappa shape index (κ2) is 10.1. The van der Waals surface area contributed by atoms with Crippen molar-refractivity contribution >= 4 is 34.6 Å². The van der Waals surface area contributed by atoms with E-state index < -0.39 is 0 Å². The zero-order chi connectivity index (χ0) is 22.3. The lowest BCUT2D eigenvalue weighted by Crippen LogP contribution is -2.30. The molecule has 2 aromatic carbocycles. The average molecular weight is 444 g/mol. The number of rotatable bonds is 7. The van der Waals surface area contributed by atoms with Gasteiger partial charge in [0, 0.05) is 31.9 Å². The number of methoxy groups -OCH3 is 1. The maximum Gasteiger partial charge on any atom is 0.266 e. The first-order chi connectivity index (χ1) is 15.7. The number of amides is 1. The van der Waals surface area contributed by atoms with Crippen LogP contribution in [-0.4, -0.2) is 36.2 Å². The van der Waals surface area contributed by atoms with Crippen molar-refractivity contribution in [1.29, 1.82) is 5.26 Å². The van der Waals surface area contributed by atoms with Gasteiger partial charge < -0.3 is 9.15 Å². The van der Waals surface area contributed by atoms with Crippen molar-refractivity contribution in [2.75, 3.05) is 20.3 Å². The molecule has 7 heteroatoms. The van der Waals surface area contributed by atoms with E-state index >= 15 is 0 Å². The summed E-state index contributed by atoms with van der Waals surface area (Å²) in [5.41, 5.74) is 2.25. The van der Waals surface area contributed by atoms with E-state index in [0.29, 0.717) is 46.7 Å². The fourth-order valence-corrected chi connectivity index (χ4v) is 4.20. The molecule has 0 spiro atoms. The van der Waals surface area contributed by atoms with Crippen molar-refractivity contribution in [2.24, 2.45) is 4.99 Å². The summed E-state index contributed by atoms with van der Waals surface area (Å²) < 4.78 is 11.1. The summed E-state index contributed by atoms with van der Waals surface area (Å²) in [7, 11) is 1.65. The van der Waals surface area contributed by atoms with E-state index in [2.05, 4.69) is 11.1 Å². The van der Waals surface area contributed by atoms with E-state index in [1.807, 2.05) is 54.6 Å². The molecule has 1 saturated heterocycles. The highest BCUT2D eigenvalue weighted by atomic mass is 32.2. The predicted octanol–water partition coefficient (Wildman–Crippen LogP) is 5.46. The molecule has 4 rings (SSSR count). The number of carbonyl (C=O) groups is 1. The Bertz CT molecular complexity index is 1190. The second-order valence-corrected chi connectivity index (χ2v) is 8.04. The lowest BCUT2D eigenvalue weighted by atomic mass is 10.1. The second-order valence-electron chi connectivity index (χ2n) is 7.03. The summed E-state index contributed by atoms with van der Waals surface area (Å²) >= 11 is 1.34. The molecular formula is C25H21N3O3S. The van der Waals surface area contributed by atoms with Gasteiger partial charge in [0.1, 0.15) is 11.5 Å². The van der Waals surface area contributed by atoms with Gasteiger partial charge in [-0.3, -0.25) is 9.69 Å². The first-order valence-electron chi connectivity index (χ1n) is 10.1. The molecule has 32 heavy (non-hydrogen) atoms. The number of benzene rings is 2. The number of furan rings is 1. The quantitative estimate of drug-likeness (QED) is 0.358. The fourth-order valence-electron chi connectivity index (χ4n) is 3.19. The molecule has 0 aliphatic carbocycles. The van der Waals surface area contributed by atoms with Crippen molar-refractivity contribution in [3.05, 3.63) is 83.0 Å². The first-order valence-corrected chi connectivity index (χ1v) is 10.9. The Balaban J connectivity index is 1.58. The largest absolute Gasteiger partial charge is 0.457 e. The van der Waals surface area contributed by atoms with Gasteiger partial charge in [0.25, 0.3) is 5.91 Å². The zero-order valence-corrected chi connectivity index (χ0v) is 18.3. The van der Waals surface area contributed by atoms with Crippen LogP contribution in [0.15, 0.2) is 81.0 Å². The monoisotopic (exact) mass is 443 g/mol. The number of carbonyl (C=O) groups excluding carboxylic acids is 1. The SMILES string of the molecule is COCCCN1C(=O)C(=Cc2ccc(-c3ccc(C#N)cc3)o2)SC1=Nc1ccccc1. The van der Waals surface area contributed by atoms with Crippen molar-refractivity contribution in [1.82, 2.24) is 4.90 Å². The minimum Gasteiger partial charge on any atom is -0.457 e. The van der Waals surface area contributed by atoms with Gasteiger partial charge in [0.05, 0.1) is 22.2 Å². The number of nitrogens with zero attached hydrogens (tertiary/aromatic N) is 3. The number of ether oxygens (including phenoxy) is 1. The maximum absolute atomic E-state index is 13.1. The van der Waals surface area contributed by atoms with Crippen LogP contribution in [0.5, 0.6) is 0 Å². The van der Waals surface area contributed by atoms with Crippen LogP contribution in [0.1, 0.15) is 17.7 Å². The molecular weight excluding hydrogens is 422 g/mol. The lowest BCUT2D eigenvalue weighted by Gasteiger charge is -2.15. The molecule has 0 unspecified atom stereocenters. The molecule has 1 aromatic heterocycles. The fraction of sp³-hybridized carbons (Fsp3) is 0.160. The molecule has 0 bridgehead atoms. The Labute approximate surface area is 190 Å². The molecule has 1 amide bonds. The number of thioether (sulfide) groups is 1. The Hall–Kier alpha value is -3.60. The number of hydrogen-bond acceptors (Lipinski definition) is 6. The van der Waals surface area contributed by atoms with Crippen LogP contribution in [0.4, 0.5) is 5.69 Å². The van der Waals surface area contributed by atoms with Crippen molar-refractivity contribution in [2.45, 2.75) is 6.42 Å². The van der Waals surface area contributed by atoms with Crippen LogP contribution in [0.3, 0.4) is 0 Å². The molecule has 1 aliphatic heterocycles. The van der Waals surface area contributed by atoms with Crippen LogP contribution in [0, 0.1) is 11.3 Å². The molecule has 0 N–H and O–H groups in total. The van der Waals surface area contributed by atoms with Gasteiger partial charge in [-0.15, -0.1) is 0 Å². The smallest absolute Gasteiger partial charge is 0.266 e. The summed E-state index contributed by atoms with van der Waals surface area (Å²) in [6.45, 7) is 1.09. The summed E-state index contributed by atoms with van der Waals surface area (Å²) in [4.78, 5) is 20.0. The molecule has 6 nitrogen and oxygen atoms in total. The normalized spacial score (nSPS) is 16.1. The Morgan fingerprint density at radius 2 is 1.91 bits per heavy atom. The average Bonchev–Trinajstić information content (AvgIpc) is 3.40. The van der Waals surface area contributed by atoms with E-state index in [0.717, 1.165) is 11.3 Å². The van der Waals surface area contributed by atoms with E-state index in [9.17, 15) is 4.79 Å². The van der Waals surface area contributed by atoms with Crippen LogP contribution < -0.4 is 0 Å². The summed E-state index contributed by atoms with van der Waals surface area (Å²) in [6.07, 6.45) is 2.46. The Morgan fingerprint density at radius 3 is 2.62 bits per heavy atom.